The number of nitro groups is 1. The van der Waals surface area contributed by atoms with Crippen molar-refractivity contribution < 1.29 is 19.6 Å². The van der Waals surface area contributed by atoms with E-state index in [2.05, 4.69) is 10.4 Å². The van der Waals surface area contributed by atoms with Crippen LogP contribution in [0.15, 0.2) is 60.0 Å². The van der Waals surface area contributed by atoms with Gasteiger partial charge in [0.05, 0.1) is 21.7 Å². The minimum Gasteiger partial charge on any atom is -0.464 e. The number of aryl methyl sites for hydroxylation is 1. The van der Waals surface area contributed by atoms with Crippen molar-refractivity contribution in [3.05, 3.63) is 91.9 Å². The van der Waals surface area contributed by atoms with E-state index in [1.165, 1.54) is 35.6 Å². The number of hydrazine groups is 1. The van der Waals surface area contributed by atoms with Crippen molar-refractivity contribution in [2.24, 2.45) is 0 Å². The molecule has 2 unspecified atom stereocenters. The Bertz CT molecular complexity index is 1120. The van der Waals surface area contributed by atoms with E-state index >= 15 is 0 Å². The van der Waals surface area contributed by atoms with E-state index in [-0.39, 0.29) is 12.1 Å². The molecule has 9 nitrogen and oxygen atoms in total. The fraction of sp³-hybridized carbons (Fsp3) is 0.261. The number of benzene rings is 2. The normalized spacial score (nSPS) is 13.6. The van der Waals surface area contributed by atoms with Crippen LogP contribution in [0.5, 0.6) is 0 Å². The van der Waals surface area contributed by atoms with E-state index in [0.717, 1.165) is 22.0 Å². The monoisotopic (exact) mass is 468 g/mol. The van der Waals surface area contributed by atoms with Crippen LogP contribution in [0.3, 0.4) is 0 Å². The number of hydrogen-bond acceptors (Lipinski definition) is 7. The summed E-state index contributed by atoms with van der Waals surface area (Å²) in [7, 11) is 0. The summed E-state index contributed by atoms with van der Waals surface area (Å²) in [4.78, 5) is 40.2. The van der Waals surface area contributed by atoms with Gasteiger partial charge in [-0.15, -0.1) is 11.3 Å². The lowest BCUT2D eigenvalue weighted by Gasteiger charge is -2.40. The molecule has 0 aliphatic heterocycles. The minimum atomic E-state index is -1.68. The van der Waals surface area contributed by atoms with Crippen molar-refractivity contribution in [2.45, 2.75) is 38.3 Å². The number of thiazole rings is 1. The SMILES string of the molecule is CCc1nc(C(C)NN(C(=O)O)C(C=O)(Cc2ccccc2)c2ccc([N+](=O)[O-])cc2)cs1. The van der Waals surface area contributed by atoms with Gasteiger partial charge in [-0.05, 0) is 36.6 Å². The second-order valence-corrected chi connectivity index (χ2v) is 8.44. The van der Waals surface area contributed by atoms with Crippen molar-refractivity contribution in [2.75, 3.05) is 0 Å². The van der Waals surface area contributed by atoms with Crippen LogP contribution in [0.2, 0.25) is 0 Å². The largest absolute Gasteiger partial charge is 0.464 e. The summed E-state index contributed by atoms with van der Waals surface area (Å²) in [5.41, 5.74) is 2.79. The Morgan fingerprint density at radius 1 is 1.27 bits per heavy atom. The Hall–Kier alpha value is -3.63. The quantitative estimate of drug-likeness (QED) is 0.255. The van der Waals surface area contributed by atoms with E-state index in [4.69, 9.17) is 0 Å². The van der Waals surface area contributed by atoms with Gasteiger partial charge in [0.15, 0.2) is 6.29 Å². The highest BCUT2D eigenvalue weighted by Crippen LogP contribution is 2.33. The summed E-state index contributed by atoms with van der Waals surface area (Å²) in [5.74, 6) is 0. The Morgan fingerprint density at radius 2 is 1.94 bits per heavy atom. The van der Waals surface area contributed by atoms with Crippen LogP contribution in [-0.2, 0) is 23.2 Å². The molecule has 2 N–H and O–H groups in total. The zero-order valence-corrected chi connectivity index (χ0v) is 19.0. The van der Waals surface area contributed by atoms with Crippen molar-refractivity contribution in [3.8, 4) is 0 Å². The maximum absolute atomic E-state index is 12.7. The van der Waals surface area contributed by atoms with Gasteiger partial charge in [-0.3, -0.25) is 10.1 Å². The number of carboxylic acid groups (broad SMARTS) is 1. The van der Waals surface area contributed by atoms with E-state index in [0.29, 0.717) is 17.5 Å². The minimum absolute atomic E-state index is 0.0262. The molecule has 172 valence electrons. The van der Waals surface area contributed by atoms with Gasteiger partial charge in [0.1, 0.15) is 5.54 Å². The molecule has 0 aliphatic rings. The number of carbonyl (C=O) groups excluding carboxylic acids is 1. The summed E-state index contributed by atoms with van der Waals surface area (Å²) < 4.78 is 0. The zero-order chi connectivity index (χ0) is 24.0. The highest BCUT2D eigenvalue weighted by Gasteiger charge is 2.43. The third-order valence-corrected chi connectivity index (χ3v) is 6.33. The number of non-ortho nitro benzene ring substituents is 1. The maximum atomic E-state index is 12.7. The molecule has 1 heterocycles. The molecule has 3 rings (SSSR count). The summed E-state index contributed by atoms with van der Waals surface area (Å²) in [6, 6.07) is 13.8. The van der Waals surface area contributed by atoms with Gasteiger partial charge in [0.2, 0.25) is 0 Å². The average Bonchev–Trinajstić information content (AvgIpc) is 3.31. The first-order chi connectivity index (χ1) is 15.8. The lowest BCUT2D eigenvalue weighted by atomic mass is 9.84. The van der Waals surface area contributed by atoms with E-state index in [9.17, 15) is 24.8 Å². The predicted molar refractivity (Wildman–Crippen MR) is 124 cm³/mol. The van der Waals surface area contributed by atoms with Crippen LogP contribution in [0.25, 0.3) is 0 Å². The number of nitrogens with one attached hydrogen (secondary N) is 1. The van der Waals surface area contributed by atoms with Crippen LogP contribution in [0, 0.1) is 10.1 Å². The maximum Gasteiger partial charge on any atom is 0.423 e. The Kier molecular flexibility index (Phi) is 7.52. The molecular formula is C23H24N4O5S. The number of rotatable bonds is 10. The predicted octanol–water partition coefficient (Wildman–Crippen LogP) is 4.50. The zero-order valence-electron chi connectivity index (χ0n) is 18.2. The second-order valence-electron chi connectivity index (χ2n) is 7.50. The molecule has 1 amide bonds. The molecule has 0 aliphatic carbocycles. The third kappa shape index (κ3) is 5.24. The van der Waals surface area contributed by atoms with Gasteiger partial charge in [-0.1, -0.05) is 37.3 Å². The number of aldehydes is 1. The molecule has 0 radical (unpaired) electrons. The highest BCUT2D eigenvalue weighted by atomic mass is 32.1. The smallest absolute Gasteiger partial charge is 0.423 e. The van der Waals surface area contributed by atoms with E-state index in [1.807, 2.05) is 18.4 Å². The van der Waals surface area contributed by atoms with Gasteiger partial charge >= 0.3 is 6.09 Å². The summed E-state index contributed by atoms with van der Waals surface area (Å²) in [6.07, 6.45) is -0.0182. The van der Waals surface area contributed by atoms with Gasteiger partial charge < -0.3 is 9.90 Å². The van der Waals surface area contributed by atoms with Crippen molar-refractivity contribution in [1.29, 1.82) is 0 Å². The van der Waals surface area contributed by atoms with Crippen molar-refractivity contribution in [1.82, 2.24) is 15.4 Å². The van der Waals surface area contributed by atoms with Gasteiger partial charge in [0.25, 0.3) is 5.69 Å². The molecule has 10 heteroatoms. The number of amides is 1. The Morgan fingerprint density at radius 3 is 2.45 bits per heavy atom. The third-order valence-electron chi connectivity index (χ3n) is 5.32. The number of aromatic nitrogens is 1. The van der Waals surface area contributed by atoms with Crippen LogP contribution < -0.4 is 5.43 Å². The van der Waals surface area contributed by atoms with Crippen molar-refractivity contribution in [3.63, 3.8) is 0 Å². The van der Waals surface area contributed by atoms with Crippen LogP contribution >= 0.6 is 11.3 Å². The number of nitro benzene ring substituents is 1. The number of nitrogens with zero attached hydrogens (tertiary/aromatic N) is 3. The molecule has 0 spiro atoms. The summed E-state index contributed by atoms with van der Waals surface area (Å²) >= 11 is 1.48. The summed E-state index contributed by atoms with van der Waals surface area (Å²) in [5, 5.41) is 24.9. The highest BCUT2D eigenvalue weighted by molar-refractivity contribution is 7.09. The fourth-order valence-corrected chi connectivity index (χ4v) is 4.38. The molecule has 0 bridgehead atoms. The molecule has 2 aromatic carbocycles. The summed E-state index contributed by atoms with van der Waals surface area (Å²) in [6.45, 7) is 3.74. The second kappa shape index (κ2) is 10.3. The molecule has 33 heavy (non-hydrogen) atoms. The first-order valence-corrected chi connectivity index (χ1v) is 11.2. The van der Waals surface area contributed by atoms with Gasteiger partial charge in [-0.2, -0.15) is 0 Å². The Labute approximate surface area is 194 Å². The molecule has 0 fully saturated rings. The molecule has 1 aromatic heterocycles. The standard InChI is InChI=1S/C23H24N4O5S/c1-3-21-24-20(14-33-21)16(2)25-26(22(29)30)23(15-28,13-17-7-5-4-6-8-17)18-9-11-19(12-10-18)27(31)32/h4-12,14-16,25H,3,13H2,1-2H3,(H,29,30). The number of carbonyl (C=O) groups is 2. The lowest BCUT2D eigenvalue weighted by Crippen LogP contribution is -2.58. The topological polar surface area (TPSA) is 126 Å². The van der Waals surface area contributed by atoms with E-state index < -0.39 is 22.6 Å². The van der Waals surface area contributed by atoms with Crippen LogP contribution in [-0.4, -0.2) is 32.4 Å². The lowest BCUT2D eigenvalue weighted by molar-refractivity contribution is -0.384. The molecule has 3 aromatic rings. The van der Waals surface area contributed by atoms with Gasteiger partial charge in [0, 0.05) is 23.9 Å². The average molecular weight is 469 g/mol. The van der Waals surface area contributed by atoms with Crippen LogP contribution in [0.4, 0.5) is 10.5 Å². The molecule has 2 atom stereocenters. The first-order valence-electron chi connectivity index (χ1n) is 10.3. The molecule has 0 saturated carbocycles. The molecule has 0 saturated heterocycles. The number of hydrogen-bond donors (Lipinski definition) is 2. The van der Waals surface area contributed by atoms with Gasteiger partial charge in [-0.25, -0.2) is 20.2 Å². The fourth-order valence-electron chi connectivity index (χ4n) is 3.54. The van der Waals surface area contributed by atoms with E-state index in [1.54, 1.807) is 31.2 Å². The molecular weight excluding hydrogens is 444 g/mol. The Balaban J connectivity index is 2.08. The van der Waals surface area contributed by atoms with Crippen molar-refractivity contribution >= 4 is 29.4 Å². The first kappa shape index (κ1) is 24.0. The van der Waals surface area contributed by atoms with Crippen LogP contribution in [0.1, 0.15) is 41.7 Å².